The topological polar surface area (TPSA) is 61.0 Å². The van der Waals surface area contributed by atoms with E-state index in [-0.39, 0.29) is 0 Å². The van der Waals surface area contributed by atoms with Gasteiger partial charge in [0, 0.05) is 11.1 Å². The molecule has 0 spiro atoms. The average molecular weight is 303 g/mol. The Kier molecular flexibility index (Phi) is 3.23. The van der Waals surface area contributed by atoms with E-state index in [0.29, 0.717) is 5.95 Å². The number of fused-ring (bicyclic) bond motifs is 3. The Balaban J connectivity index is 2.02. The molecule has 0 atom stereocenters. The van der Waals surface area contributed by atoms with Crippen molar-refractivity contribution in [1.82, 2.24) is 9.97 Å². The van der Waals surface area contributed by atoms with Gasteiger partial charge in [0.25, 0.3) is 0 Å². The number of hydrogen-bond donors (Lipinski definition) is 1. The molecule has 4 rings (SSSR count). The van der Waals surface area contributed by atoms with Gasteiger partial charge >= 0.3 is 0 Å². The molecule has 0 radical (unpaired) electrons. The maximum atomic E-state index is 5.95. The second-order valence-corrected chi connectivity index (χ2v) is 5.64. The summed E-state index contributed by atoms with van der Waals surface area (Å²) in [6, 6.07) is 16.3. The number of methoxy groups -OCH3 is 1. The lowest BCUT2D eigenvalue weighted by atomic mass is 9.86. The minimum absolute atomic E-state index is 0.328. The van der Waals surface area contributed by atoms with Gasteiger partial charge in [-0.3, -0.25) is 0 Å². The van der Waals surface area contributed by atoms with E-state index in [9.17, 15) is 0 Å². The van der Waals surface area contributed by atoms with Crippen LogP contribution in [0.3, 0.4) is 0 Å². The van der Waals surface area contributed by atoms with Gasteiger partial charge in [-0.2, -0.15) is 0 Å². The van der Waals surface area contributed by atoms with E-state index >= 15 is 0 Å². The van der Waals surface area contributed by atoms with Gasteiger partial charge in [0.15, 0.2) is 0 Å². The zero-order valence-corrected chi connectivity index (χ0v) is 12.9. The zero-order chi connectivity index (χ0) is 15.8. The Bertz CT molecular complexity index is 875. The molecule has 4 heteroatoms. The number of benzene rings is 2. The highest BCUT2D eigenvalue weighted by Gasteiger charge is 2.23. The minimum Gasteiger partial charge on any atom is -0.497 e. The maximum absolute atomic E-state index is 5.95. The second kappa shape index (κ2) is 5.39. The lowest BCUT2D eigenvalue weighted by Crippen LogP contribution is -2.11. The summed E-state index contributed by atoms with van der Waals surface area (Å²) < 4.78 is 5.40. The standard InChI is InChI=1S/C19H17N3O/c1-23-14-9-7-12-8-10-16-17(15(12)11-14)18(22-19(20)21-16)13-5-3-2-4-6-13/h2-7,9,11H,8,10H2,1H3,(H2,20,21,22). The molecule has 114 valence electrons. The van der Waals surface area contributed by atoms with Gasteiger partial charge in [-0.25, -0.2) is 9.97 Å². The largest absolute Gasteiger partial charge is 0.497 e. The lowest BCUT2D eigenvalue weighted by Gasteiger charge is -2.22. The molecule has 0 fully saturated rings. The molecule has 2 N–H and O–H groups in total. The predicted octanol–water partition coefficient (Wildman–Crippen LogP) is 3.50. The molecule has 4 nitrogen and oxygen atoms in total. The number of hydrogen-bond acceptors (Lipinski definition) is 4. The van der Waals surface area contributed by atoms with Crippen LogP contribution in [0.15, 0.2) is 48.5 Å². The Morgan fingerprint density at radius 3 is 2.61 bits per heavy atom. The van der Waals surface area contributed by atoms with Crippen LogP contribution < -0.4 is 10.5 Å². The molecule has 1 aliphatic rings. The van der Waals surface area contributed by atoms with Crippen molar-refractivity contribution in [2.75, 3.05) is 12.8 Å². The molecular weight excluding hydrogens is 286 g/mol. The van der Waals surface area contributed by atoms with E-state index in [0.717, 1.165) is 46.7 Å². The number of nitrogens with two attached hydrogens (primary N) is 1. The van der Waals surface area contributed by atoms with Crippen LogP contribution in [0.4, 0.5) is 5.95 Å². The van der Waals surface area contributed by atoms with E-state index < -0.39 is 0 Å². The van der Waals surface area contributed by atoms with Crippen LogP contribution in [-0.2, 0) is 12.8 Å². The van der Waals surface area contributed by atoms with Gasteiger partial charge in [0.2, 0.25) is 5.95 Å². The van der Waals surface area contributed by atoms with Gasteiger partial charge in [-0.1, -0.05) is 36.4 Å². The number of anilines is 1. The predicted molar refractivity (Wildman–Crippen MR) is 91.3 cm³/mol. The highest BCUT2D eigenvalue weighted by Crippen LogP contribution is 2.40. The Morgan fingerprint density at radius 1 is 1.00 bits per heavy atom. The van der Waals surface area contributed by atoms with Gasteiger partial charge in [-0.05, 0) is 36.1 Å². The van der Waals surface area contributed by atoms with E-state index in [1.807, 2.05) is 24.3 Å². The molecule has 0 aliphatic heterocycles. The van der Waals surface area contributed by atoms with Crippen molar-refractivity contribution >= 4 is 5.95 Å². The van der Waals surface area contributed by atoms with Crippen LogP contribution in [0.1, 0.15) is 11.3 Å². The molecule has 0 saturated carbocycles. The van der Waals surface area contributed by atoms with Crippen molar-refractivity contribution in [2.45, 2.75) is 12.8 Å². The van der Waals surface area contributed by atoms with E-state index in [4.69, 9.17) is 10.5 Å². The fourth-order valence-corrected chi connectivity index (χ4v) is 3.18. The summed E-state index contributed by atoms with van der Waals surface area (Å²) >= 11 is 0. The van der Waals surface area contributed by atoms with Crippen LogP contribution in [0.2, 0.25) is 0 Å². The van der Waals surface area contributed by atoms with Gasteiger partial charge < -0.3 is 10.5 Å². The first-order valence-electron chi connectivity index (χ1n) is 7.65. The zero-order valence-electron chi connectivity index (χ0n) is 12.9. The van der Waals surface area contributed by atoms with Crippen molar-refractivity contribution in [2.24, 2.45) is 0 Å². The number of nitrogen functional groups attached to an aromatic ring is 1. The number of aryl methyl sites for hydroxylation is 2. The monoisotopic (exact) mass is 303 g/mol. The Morgan fingerprint density at radius 2 is 1.83 bits per heavy atom. The SMILES string of the molecule is COc1ccc2c(c1)-c1c(nc(N)nc1-c1ccccc1)CC2. The molecule has 0 saturated heterocycles. The third-order valence-corrected chi connectivity index (χ3v) is 4.27. The van der Waals surface area contributed by atoms with E-state index in [1.165, 1.54) is 5.56 Å². The maximum Gasteiger partial charge on any atom is 0.220 e. The van der Waals surface area contributed by atoms with Gasteiger partial charge in [-0.15, -0.1) is 0 Å². The first-order chi connectivity index (χ1) is 11.3. The highest BCUT2D eigenvalue weighted by atomic mass is 16.5. The van der Waals surface area contributed by atoms with Crippen LogP contribution in [0.25, 0.3) is 22.4 Å². The number of nitrogens with zero attached hydrogens (tertiary/aromatic N) is 2. The van der Waals surface area contributed by atoms with Crippen LogP contribution >= 0.6 is 0 Å². The molecule has 2 aromatic carbocycles. The molecule has 3 aromatic rings. The number of ether oxygens (including phenoxy) is 1. The van der Waals surface area contributed by atoms with Crippen molar-refractivity contribution in [3.63, 3.8) is 0 Å². The van der Waals surface area contributed by atoms with Crippen LogP contribution in [0, 0.1) is 0 Å². The summed E-state index contributed by atoms with van der Waals surface area (Å²) in [7, 11) is 1.68. The van der Waals surface area contributed by atoms with Gasteiger partial charge in [0.05, 0.1) is 18.5 Å². The average Bonchev–Trinajstić information content (AvgIpc) is 2.60. The number of aromatic nitrogens is 2. The molecule has 23 heavy (non-hydrogen) atoms. The highest BCUT2D eigenvalue weighted by molar-refractivity contribution is 5.86. The first kappa shape index (κ1) is 13.8. The summed E-state index contributed by atoms with van der Waals surface area (Å²) in [4.78, 5) is 9.02. The molecule has 1 heterocycles. The molecule has 0 unspecified atom stereocenters. The van der Waals surface area contributed by atoms with Crippen molar-refractivity contribution in [1.29, 1.82) is 0 Å². The molecular formula is C19H17N3O. The van der Waals surface area contributed by atoms with Crippen LogP contribution in [0.5, 0.6) is 5.75 Å². The number of rotatable bonds is 2. The van der Waals surface area contributed by atoms with Crippen molar-refractivity contribution < 1.29 is 4.74 Å². The molecule has 0 bridgehead atoms. The Labute approximate surface area is 135 Å². The smallest absolute Gasteiger partial charge is 0.220 e. The fraction of sp³-hybridized carbons (Fsp3) is 0.158. The summed E-state index contributed by atoms with van der Waals surface area (Å²) in [5.41, 5.74) is 12.4. The summed E-state index contributed by atoms with van der Waals surface area (Å²) in [6.07, 6.45) is 1.83. The van der Waals surface area contributed by atoms with Crippen molar-refractivity contribution in [3.05, 3.63) is 59.8 Å². The lowest BCUT2D eigenvalue weighted by molar-refractivity contribution is 0.415. The fourth-order valence-electron chi connectivity index (χ4n) is 3.18. The minimum atomic E-state index is 0.328. The van der Waals surface area contributed by atoms with Crippen molar-refractivity contribution in [3.8, 4) is 28.1 Å². The van der Waals surface area contributed by atoms with Crippen LogP contribution in [-0.4, -0.2) is 17.1 Å². The molecule has 1 aliphatic carbocycles. The molecule has 0 amide bonds. The third-order valence-electron chi connectivity index (χ3n) is 4.27. The van der Waals surface area contributed by atoms with Gasteiger partial charge in [0.1, 0.15) is 5.75 Å². The Hall–Kier alpha value is -2.88. The van der Waals surface area contributed by atoms with E-state index in [1.54, 1.807) is 7.11 Å². The summed E-state index contributed by atoms with van der Waals surface area (Å²) in [5, 5.41) is 0. The molecule has 1 aromatic heterocycles. The summed E-state index contributed by atoms with van der Waals surface area (Å²) in [6.45, 7) is 0. The summed E-state index contributed by atoms with van der Waals surface area (Å²) in [5.74, 6) is 1.17. The normalized spacial score (nSPS) is 12.4. The third kappa shape index (κ3) is 2.32. The first-order valence-corrected chi connectivity index (χ1v) is 7.65. The van der Waals surface area contributed by atoms with E-state index in [2.05, 4.69) is 34.2 Å². The quantitative estimate of drug-likeness (QED) is 0.787. The second-order valence-electron chi connectivity index (χ2n) is 5.64.